The zero-order valence-electron chi connectivity index (χ0n) is 39.8. The van der Waals surface area contributed by atoms with Crippen LogP contribution in [0.1, 0.15) is 149 Å². The van der Waals surface area contributed by atoms with E-state index < -0.39 is 16.6 Å². The summed E-state index contributed by atoms with van der Waals surface area (Å²) < 4.78 is 5.23. The number of anilines is 1. The molecule has 0 radical (unpaired) electrons. The minimum atomic E-state index is -0.566. The Hall–Kier alpha value is -5.39. The van der Waals surface area contributed by atoms with Crippen LogP contribution in [0, 0.1) is 33.8 Å². The van der Waals surface area contributed by atoms with Gasteiger partial charge in [0.05, 0.1) is 18.1 Å². The van der Waals surface area contributed by atoms with Gasteiger partial charge in [0, 0.05) is 50.0 Å². The number of rotatable bonds is 30. The number of aliphatic hydroxyl groups excluding tert-OH is 1. The highest BCUT2D eigenvalue weighted by atomic mass is 16.6. The van der Waals surface area contributed by atoms with E-state index in [1.165, 1.54) is 37.8 Å². The van der Waals surface area contributed by atoms with E-state index in [0.717, 1.165) is 83.7 Å². The molecule has 5 unspecified atom stereocenters. The van der Waals surface area contributed by atoms with Gasteiger partial charge in [-0.1, -0.05) is 129 Å². The van der Waals surface area contributed by atoms with E-state index in [4.69, 9.17) is 4.74 Å². The maximum Gasteiger partial charge on any atom is 0.273 e. The summed E-state index contributed by atoms with van der Waals surface area (Å²) in [5.74, 6) is -0.222. The highest BCUT2D eigenvalue weighted by Crippen LogP contribution is 2.34. The first-order valence-corrected chi connectivity index (χ1v) is 23.7. The number of nitrogens with one attached hydrogen (secondary N) is 1. The molecule has 0 spiro atoms. The molecular weight excluding hydrogens is 807 g/mol. The number of unbranched alkanes of at least 4 members (excludes halogenated alkanes) is 2. The van der Waals surface area contributed by atoms with Gasteiger partial charge in [0.1, 0.15) is 11.4 Å². The minimum Gasteiger partial charge on any atom is -0.509 e. The Bertz CT molecular complexity index is 1970. The predicted molar refractivity (Wildman–Crippen MR) is 257 cm³/mol. The number of Topliss-reactive ketones (excluding diaryl/α,β-unsaturated/α-hetero) is 1. The number of hydrogen-bond acceptors (Lipinski definition) is 9. The van der Waals surface area contributed by atoms with Crippen LogP contribution in [0.3, 0.4) is 0 Å². The summed E-state index contributed by atoms with van der Waals surface area (Å²) in [6.07, 6.45) is 12.5. The highest BCUT2D eigenvalue weighted by molar-refractivity contribution is 5.94. The van der Waals surface area contributed by atoms with Gasteiger partial charge in [-0.05, 0) is 86.0 Å². The summed E-state index contributed by atoms with van der Waals surface area (Å²) in [5, 5.41) is 33.6. The molecule has 0 aliphatic heterocycles. The molecule has 3 aromatic carbocycles. The monoisotopic (exact) mass is 882 g/mol. The molecule has 0 aliphatic carbocycles. The molecule has 0 aromatic heterocycles. The SMILES string of the molecule is CCCCC(CC)CN(CC(CC)CCCC)C(=O)C(CCC(C)C(=O)Nc1ccccc1CC(O)=C(N=Nc1ccc([N+](=O)[O-])cc1OC)C(C)=O)CCC(CC)c1ccccc1. The van der Waals surface area contributed by atoms with Crippen LogP contribution in [0.5, 0.6) is 5.75 Å². The second-order valence-corrected chi connectivity index (χ2v) is 17.3. The molecule has 3 aromatic rings. The van der Waals surface area contributed by atoms with Gasteiger partial charge in [0.25, 0.3) is 5.69 Å². The number of hydrogen-bond donors (Lipinski definition) is 2. The van der Waals surface area contributed by atoms with Crippen LogP contribution >= 0.6 is 0 Å². The van der Waals surface area contributed by atoms with Crippen molar-refractivity contribution in [2.45, 2.75) is 144 Å². The number of benzene rings is 3. The fourth-order valence-corrected chi connectivity index (χ4v) is 8.29. The van der Waals surface area contributed by atoms with Gasteiger partial charge >= 0.3 is 0 Å². The first-order chi connectivity index (χ1) is 30.8. The molecule has 12 nitrogen and oxygen atoms in total. The van der Waals surface area contributed by atoms with E-state index >= 15 is 0 Å². The summed E-state index contributed by atoms with van der Waals surface area (Å²) in [6, 6.07) is 21.4. The van der Waals surface area contributed by atoms with Gasteiger partial charge in [0.2, 0.25) is 11.8 Å². The summed E-state index contributed by atoms with van der Waals surface area (Å²) in [6.45, 7) is 15.8. The van der Waals surface area contributed by atoms with Crippen LogP contribution in [0.25, 0.3) is 0 Å². The van der Waals surface area contributed by atoms with Crippen molar-refractivity contribution >= 4 is 34.7 Å². The molecular formula is C52H75N5O7. The van der Waals surface area contributed by atoms with Gasteiger partial charge < -0.3 is 20.1 Å². The molecule has 0 saturated carbocycles. The molecule has 12 heteroatoms. The second-order valence-electron chi connectivity index (χ2n) is 17.3. The Labute approximate surface area is 382 Å². The van der Waals surface area contributed by atoms with Crippen LogP contribution in [0.4, 0.5) is 17.1 Å². The number of ketones is 1. The van der Waals surface area contributed by atoms with E-state index in [1.54, 1.807) is 24.3 Å². The average Bonchev–Trinajstić information content (AvgIpc) is 3.30. The van der Waals surface area contributed by atoms with E-state index in [-0.39, 0.29) is 52.7 Å². The van der Waals surface area contributed by atoms with Crippen molar-refractivity contribution in [2.75, 3.05) is 25.5 Å². The van der Waals surface area contributed by atoms with Crippen molar-refractivity contribution in [1.82, 2.24) is 4.90 Å². The summed E-state index contributed by atoms with van der Waals surface area (Å²) in [5.41, 5.74) is 1.96. The molecule has 2 N–H and O–H groups in total. The van der Waals surface area contributed by atoms with Crippen LogP contribution < -0.4 is 10.1 Å². The topological polar surface area (TPSA) is 164 Å². The zero-order valence-corrected chi connectivity index (χ0v) is 39.8. The first-order valence-electron chi connectivity index (χ1n) is 23.7. The smallest absolute Gasteiger partial charge is 0.273 e. The maximum atomic E-state index is 15.0. The molecule has 0 aliphatic rings. The van der Waals surface area contributed by atoms with E-state index in [0.29, 0.717) is 41.8 Å². The van der Waals surface area contributed by atoms with Crippen LogP contribution in [0.15, 0.2) is 94.5 Å². The van der Waals surface area contributed by atoms with Gasteiger partial charge in [-0.2, -0.15) is 0 Å². The minimum absolute atomic E-state index is 0.0768. The Kier molecular flexibility index (Phi) is 23.5. The number of ether oxygens (including phenoxy) is 1. The molecule has 2 amide bonds. The lowest BCUT2D eigenvalue weighted by atomic mass is 9.84. The number of nitro benzene ring substituents is 1. The van der Waals surface area contributed by atoms with Crippen LogP contribution in [-0.4, -0.2) is 52.7 Å². The van der Waals surface area contributed by atoms with Gasteiger partial charge in [0.15, 0.2) is 17.2 Å². The largest absolute Gasteiger partial charge is 0.509 e. The third kappa shape index (κ3) is 17.0. The molecule has 3 rings (SSSR count). The van der Waals surface area contributed by atoms with E-state index in [9.17, 15) is 29.6 Å². The molecule has 0 heterocycles. The number of non-ortho nitro benzene ring substituents is 1. The third-order valence-corrected chi connectivity index (χ3v) is 12.6. The maximum absolute atomic E-state index is 15.0. The fraction of sp³-hybridized carbons (Fsp3) is 0.558. The quantitative estimate of drug-likeness (QED) is 0.0221. The van der Waals surface area contributed by atoms with E-state index in [1.807, 2.05) is 13.0 Å². The third-order valence-electron chi connectivity index (χ3n) is 12.6. The molecule has 5 atom stereocenters. The number of amides is 2. The number of para-hydroxylation sites is 1. The number of azo groups is 1. The zero-order chi connectivity index (χ0) is 47.0. The van der Waals surface area contributed by atoms with Crippen LogP contribution in [0.2, 0.25) is 0 Å². The lowest BCUT2D eigenvalue weighted by Crippen LogP contribution is -2.42. The summed E-state index contributed by atoms with van der Waals surface area (Å²) in [4.78, 5) is 54.5. The predicted octanol–water partition coefficient (Wildman–Crippen LogP) is 13.5. The Morgan fingerprint density at radius 1 is 0.812 bits per heavy atom. The number of allylic oxidation sites excluding steroid dienone is 2. The molecule has 64 heavy (non-hydrogen) atoms. The lowest BCUT2D eigenvalue weighted by molar-refractivity contribution is -0.384. The normalized spacial score (nSPS) is 14.2. The lowest BCUT2D eigenvalue weighted by Gasteiger charge is -2.34. The van der Waals surface area contributed by atoms with Gasteiger partial charge in [-0.25, -0.2) is 0 Å². The summed E-state index contributed by atoms with van der Waals surface area (Å²) in [7, 11) is 1.33. The van der Waals surface area contributed by atoms with Crippen molar-refractivity contribution in [3.63, 3.8) is 0 Å². The van der Waals surface area contributed by atoms with Crippen molar-refractivity contribution in [1.29, 1.82) is 0 Å². The van der Waals surface area contributed by atoms with Crippen molar-refractivity contribution in [3.05, 3.63) is 105 Å². The number of carbonyl (C=O) groups is 3. The van der Waals surface area contributed by atoms with Gasteiger partial charge in [-0.3, -0.25) is 24.5 Å². The highest BCUT2D eigenvalue weighted by Gasteiger charge is 2.30. The molecule has 0 fully saturated rings. The Morgan fingerprint density at radius 2 is 1.42 bits per heavy atom. The fourth-order valence-electron chi connectivity index (χ4n) is 8.29. The number of nitrogens with zero attached hydrogens (tertiary/aromatic N) is 4. The molecule has 350 valence electrons. The Morgan fingerprint density at radius 3 is 1.98 bits per heavy atom. The first kappa shape index (κ1) is 53.0. The number of methoxy groups -OCH3 is 1. The second kappa shape index (κ2) is 28.4. The van der Waals surface area contributed by atoms with Crippen molar-refractivity contribution < 1.29 is 29.2 Å². The van der Waals surface area contributed by atoms with Crippen LogP contribution in [-0.2, 0) is 20.8 Å². The van der Waals surface area contributed by atoms with Crippen molar-refractivity contribution in [2.24, 2.45) is 33.9 Å². The summed E-state index contributed by atoms with van der Waals surface area (Å²) >= 11 is 0. The molecule has 0 saturated heterocycles. The number of nitro groups is 1. The Balaban J connectivity index is 1.87. The van der Waals surface area contributed by atoms with Crippen molar-refractivity contribution in [3.8, 4) is 5.75 Å². The van der Waals surface area contributed by atoms with E-state index in [2.05, 4.69) is 79.3 Å². The standard InChI is InChI=1S/C52H75N5O7/c1-9-14-21-39(11-3)35-56(36-40(12-4)22-15-10-2)52(61)43(30-29-41(13-5)42-23-17-16-18-24-42)28-27-37(6)51(60)53-46-26-20-19-25-44(46)33-48(59)50(38(7)58)55-54-47-32-31-45(57(62)63)34-49(47)64-8/h16-20,23-26,31-32,34,37,39-41,43,59H,9-15,21-22,27-30,33,35-36H2,1-8H3,(H,53,60). The average molecular weight is 882 g/mol. The number of aliphatic hydroxyl groups is 1. The number of carbonyl (C=O) groups excluding carboxylic acids is 3. The molecule has 0 bridgehead atoms. The van der Waals surface area contributed by atoms with Gasteiger partial charge in [-0.15, -0.1) is 10.2 Å².